The van der Waals surface area contributed by atoms with Crippen LogP contribution in [0.1, 0.15) is 13.3 Å². The van der Waals surface area contributed by atoms with Crippen LogP contribution in [0.3, 0.4) is 0 Å². The number of alkyl halides is 2. The maximum Gasteiger partial charge on any atom is 0.387 e. The molecule has 1 aliphatic rings. The molecule has 0 spiro atoms. The number of amides is 1. The highest BCUT2D eigenvalue weighted by Crippen LogP contribution is 2.36. The highest BCUT2D eigenvalue weighted by Gasteiger charge is 2.32. The number of benzene rings is 1. The molecule has 1 atom stereocenters. The summed E-state index contributed by atoms with van der Waals surface area (Å²) in [6.45, 7) is -1.10. The van der Waals surface area contributed by atoms with Gasteiger partial charge in [0.1, 0.15) is 0 Å². The summed E-state index contributed by atoms with van der Waals surface area (Å²) >= 11 is 4.36. The van der Waals surface area contributed by atoms with Gasteiger partial charge in [0.05, 0.1) is 5.69 Å². The molecule has 1 aromatic carbocycles. The lowest BCUT2D eigenvalue weighted by molar-refractivity contribution is -0.117. The second-order valence-corrected chi connectivity index (χ2v) is 6.98. The molecule has 0 saturated carbocycles. The van der Waals surface area contributed by atoms with Crippen LogP contribution in [0.4, 0.5) is 14.5 Å². The molecule has 0 aliphatic carbocycles. The Hall–Kier alpha value is -1.15. The molecule has 120 valence electrons. The Balaban J connectivity index is 2.17. The molecule has 1 amide bonds. The fourth-order valence-electron chi connectivity index (χ4n) is 2.26. The number of carbonyl (C=O) groups is 2. The highest BCUT2D eigenvalue weighted by atomic mass is 79.9. The van der Waals surface area contributed by atoms with Crippen molar-refractivity contribution in [3.05, 3.63) is 22.7 Å². The van der Waals surface area contributed by atoms with Crippen molar-refractivity contribution in [2.45, 2.75) is 20.0 Å². The van der Waals surface area contributed by atoms with Crippen molar-refractivity contribution in [3.8, 4) is 5.75 Å². The Morgan fingerprint density at radius 2 is 2.27 bits per heavy atom. The van der Waals surface area contributed by atoms with Crippen molar-refractivity contribution in [1.82, 2.24) is 0 Å². The number of hydrogen-bond donors (Lipinski definition) is 0. The summed E-state index contributed by atoms with van der Waals surface area (Å²) < 4.78 is 30.1. The van der Waals surface area contributed by atoms with Crippen molar-refractivity contribution in [3.63, 3.8) is 0 Å². The lowest BCUT2D eigenvalue weighted by atomic mass is 10.1. The third-order valence-corrected chi connectivity index (χ3v) is 4.69. The van der Waals surface area contributed by atoms with Gasteiger partial charge in [-0.15, -0.1) is 0 Å². The summed E-state index contributed by atoms with van der Waals surface area (Å²) in [6.07, 6.45) is 0.296. The Kier molecular flexibility index (Phi) is 5.80. The number of thioether (sulfide) groups is 1. The van der Waals surface area contributed by atoms with Gasteiger partial charge >= 0.3 is 6.61 Å². The van der Waals surface area contributed by atoms with Crippen LogP contribution in [0.2, 0.25) is 0 Å². The van der Waals surface area contributed by atoms with Crippen LogP contribution in [-0.4, -0.2) is 29.9 Å². The van der Waals surface area contributed by atoms with Gasteiger partial charge in [0, 0.05) is 30.1 Å². The average Bonchev–Trinajstić information content (AvgIpc) is 2.77. The highest BCUT2D eigenvalue weighted by molar-refractivity contribution is 9.10. The number of halogens is 3. The van der Waals surface area contributed by atoms with Gasteiger partial charge in [-0.2, -0.15) is 8.78 Å². The Bertz CT molecular complexity index is 585. The predicted molar refractivity (Wildman–Crippen MR) is 84.4 cm³/mol. The van der Waals surface area contributed by atoms with Crippen LogP contribution < -0.4 is 9.64 Å². The van der Waals surface area contributed by atoms with Crippen LogP contribution in [0.25, 0.3) is 0 Å². The fourth-order valence-corrected chi connectivity index (χ4v) is 3.30. The van der Waals surface area contributed by atoms with Crippen LogP contribution in [0.15, 0.2) is 22.7 Å². The van der Waals surface area contributed by atoms with E-state index in [2.05, 4.69) is 20.7 Å². The molecule has 0 aromatic heterocycles. The molecule has 4 nitrogen and oxygen atoms in total. The van der Waals surface area contributed by atoms with E-state index in [0.29, 0.717) is 28.9 Å². The third kappa shape index (κ3) is 4.42. The van der Waals surface area contributed by atoms with E-state index in [-0.39, 0.29) is 22.7 Å². The minimum Gasteiger partial charge on any atom is -0.433 e. The largest absolute Gasteiger partial charge is 0.433 e. The Labute approximate surface area is 139 Å². The number of nitrogens with zero attached hydrogens (tertiary/aromatic N) is 1. The lowest BCUT2D eigenvalue weighted by Gasteiger charge is -2.20. The first-order chi connectivity index (χ1) is 10.4. The molecule has 1 heterocycles. The Morgan fingerprint density at radius 3 is 2.91 bits per heavy atom. The molecule has 1 unspecified atom stereocenters. The minimum absolute atomic E-state index is 0.00346. The molecular weight excluding hydrogens is 380 g/mol. The van der Waals surface area contributed by atoms with Gasteiger partial charge in [0.2, 0.25) is 5.91 Å². The second-order valence-electron chi connectivity index (χ2n) is 4.87. The van der Waals surface area contributed by atoms with Gasteiger partial charge in [-0.1, -0.05) is 27.7 Å². The second kappa shape index (κ2) is 7.41. The standard InChI is InChI=1S/C14H14BrF2NO3S/c1-8(19)22-7-9-4-13(20)18(6-9)11-3-2-10(15)5-12(11)21-14(16)17/h2-3,5,9,14H,4,6-7H2,1H3. The van der Waals surface area contributed by atoms with E-state index in [1.54, 1.807) is 12.1 Å². The van der Waals surface area contributed by atoms with Gasteiger partial charge in [-0.05, 0) is 24.1 Å². The monoisotopic (exact) mass is 393 g/mol. The summed E-state index contributed by atoms with van der Waals surface area (Å²) in [7, 11) is 0. The van der Waals surface area contributed by atoms with E-state index in [1.807, 2.05) is 0 Å². The number of ether oxygens (including phenoxy) is 1. The van der Waals surface area contributed by atoms with Crippen molar-refractivity contribution in [1.29, 1.82) is 0 Å². The number of rotatable bonds is 5. The van der Waals surface area contributed by atoms with Crippen molar-refractivity contribution >= 4 is 44.4 Å². The van der Waals surface area contributed by atoms with E-state index >= 15 is 0 Å². The SMILES string of the molecule is CC(=O)SCC1CC(=O)N(c2ccc(Br)cc2OC(F)F)C1. The van der Waals surface area contributed by atoms with Crippen molar-refractivity contribution < 1.29 is 23.1 Å². The van der Waals surface area contributed by atoms with Gasteiger partial charge in [-0.25, -0.2) is 0 Å². The predicted octanol–water partition coefficient (Wildman–Crippen LogP) is 3.68. The maximum atomic E-state index is 12.5. The zero-order valence-electron chi connectivity index (χ0n) is 11.7. The first kappa shape index (κ1) is 17.2. The molecule has 8 heteroatoms. The molecule has 22 heavy (non-hydrogen) atoms. The van der Waals surface area contributed by atoms with Gasteiger partial charge in [0.15, 0.2) is 10.9 Å². The van der Waals surface area contributed by atoms with Crippen molar-refractivity contribution in [2.75, 3.05) is 17.2 Å². The normalized spacial score (nSPS) is 18.1. The molecule has 0 bridgehead atoms. The molecule has 1 fully saturated rings. The van der Waals surface area contributed by atoms with E-state index in [4.69, 9.17) is 0 Å². The fraction of sp³-hybridized carbons (Fsp3) is 0.429. The first-order valence-electron chi connectivity index (χ1n) is 6.55. The van der Waals surface area contributed by atoms with E-state index in [9.17, 15) is 18.4 Å². The zero-order chi connectivity index (χ0) is 16.3. The summed E-state index contributed by atoms with van der Waals surface area (Å²) in [5.74, 6) is 0.358. The molecule has 1 saturated heterocycles. The molecule has 0 radical (unpaired) electrons. The van der Waals surface area contributed by atoms with Gasteiger partial charge in [0.25, 0.3) is 0 Å². The van der Waals surface area contributed by atoms with Crippen molar-refractivity contribution in [2.24, 2.45) is 5.92 Å². The first-order valence-corrected chi connectivity index (χ1v) is 8.32. The summed E-state index contributed by atoms with van der Waals surface area (Å²) in [6, 6.07) is 4.64. The van der Waals surface area contributed by atoms with Crippen LogP contribution in [0, 0.1) is 5.92 Å². The molecule has 1 aromatic rings. The lowest BCUT2D eigenvalue weighted by Crippen LogP contribution is -2.25. The van der Waals surface area contributed by atoms with Crippen LogP contribution in [-0.2, 0) is 9.59 Å². The number of anilines is 1. The van der Waals surface area contributed by atoms with E-state index in [1.165, 1.54) is 29.7 Å². The van der Waals surface area contributed by atoms with Gasteiger partial charge < -0.3 is 9.64 Å². The number of hydrogen-bond acceptors (Lipinski definition) is 4. The average molecular weight is 394 g/mol. The molecule has 2 rings (SSSR count). The maximum absolute atomic E-state index is 12.5. The van der Waals surface area contributed by atoms with Gasteiger partial charge in [-0.3, -0.25) is 9.59 Å². The number of carbonyl (C=O) groups excluding carboxylic acids is 2. The molecular formula is C14H14BrF2NO3S. The smallest absolute Gasteiger partial charge is 0.387 e. The summed E-state index contributed by atoms with van der Waals surface area (Å²) in [5.41, 5.74) is 0.323. The van der Waals surface area contributed by atoms with Crippen LogP contribution >= 0.6 is 27.7 Å². The van der Waals surface area contributed by atoms with E-state index < -0.39 is 6.61 Å². The zero-order valence-corrected chi connectivity index (χ0v) is 14.1. The molecule has 1 aliphatic heterocycles. The summed E-state index contributed by atoms with van der Waals surface area (Å²) in [4.78, 5) is 24.6. The van der Waals surface area contributed by atoms with E-state index in [0.717, 1.165) is 0 Å². The minimum atomic E-state index is -2.96. The summed E-state index contributed by atoms with van der Waals surface area (Å²) in [5, 5.41) is -0.00346. The molecule has 0 N–H and O–H groups in total. The Morgan fingerprint density at radius 1 is 1.55 bits per heavy atom. The van der Waals surface area contributed by atoms with Crippen LogP contribution in [0.5, 0.6) is 5.75 Å². The third-order valence-electron chi connectivity index (χ3n) is 3.16. The topological polar surface area (TPSA) is 46.6 Å². The quantitative estimate of drug-likeness (QED) is 0.765.